The second-order valence-electron chi connectivity index (χ2n) is 6.31. The third-order valence-electron chi connectivity index (χ3n) is 4.39. The zero-order valence-electron chi connectivity index (χ0n) is 13.9. The highest BCUT2D eigenvalue weighted by Crippen LogP contribution is 2.25. The second-order valence-corrected chi connectivity index (χ2v) is 7.72. The van der Waals surface area contributed by atoms with Gasteiger partial charge in [0, 0.05) is 29.3 Å². The van der Waals surface area contributed by atoms with Gasteiger partial charge in [-0.1, -0.05) is 6.92 Å². The van der Waals surface area contributed by atoms with Crippen LogP contribution in [0.25, 0.3) is 0 Å². The normalized spacial score (nSPS) is 15.7. The summed E-state index contributed by atoms with van der Waals surface area (Å²) in [5, 5.41) is 3.86. The van der Waals surface area contributed by atoms with E-state index in [4.69, 9.17) is 0 Å². The van der Waals surface area contributed by atoms with Gasteiger partial charge < -0.3 is 10.2 Å². The number of piperidine rings is 1. The number of hydrogen-bond donors (Lipinski definition) is 1. The lowest BCUT2D eigenvalue weighted by Crippen LogP contribution is -2.32. The van der Waals surface area contributed by atoms with Crippen molar-refractivity contribution in [3.05, 3.63) is 39.8 Å². The van der Waals surface area contributed by atoms with E-state index in [0.29, 0.717) is 5.69 Å². The molecule has 0 bridgehead atoms. The molecule has 1 N–H and O–H groups in total. The summed E-state index contributed by atoms with van der Waals surface area (Å²) in [5.41, 5.74) is 2.58. The molecular formula is C18H23N3OS. The lowest BCUT2D eigenvalue weighted by Gasteiger charge is -2.32. The van der Waals surface area contributed by atoms with Crippen LogP contribution in [-0.4, -0.2) is 24.0 Å². The molecule has 23 heavy (non-hydrogen) atoms. The molecular weight excluding hydrogens is 306 g/mol. The van der Waals surface area contributed by atoms with Crippen LogP contribution in [0.1, 0.15) is 40.1 Å². The maximum atomic E-state index is 12.3. The Kier molecular flexibility index (Phi) is 4.66. The van der Waals surface area contributed by atoms with Crippen molar-refractivity contribution in [3.8, 4) is 0 Å². The van der Waals surface area contributed by atoms with Gasteiger partial charge in [0.15, 0.2) is 0 Å². The number of amides is 1. The highest BCUT2D eigenvalue weighted by molar-refractivity contribution is 7.11. The van der Waals surface area contributed by atoms with Crippen molar-refractivity contribution in [3.63, 3.8) is 0 Å². The van der Waals surface area contributed by atoms with Gasteiger partial charge in [0.05, 0.1) is 5.01 Å². The number of anilines is 2. The number of benzene rings is 1. The number of hydrogen-bond acceptors (Lipinski definition) is 4. The van der Waals surface area contributed by atoms with Crippen molar-refractivity contribution in [2.45, 2.75) is 33.6 Å². The van der Waals surface area contributed by atoms with Crippen molar-refractivity contribution >= 4 is 28.6 Å². The summed E-state index contributed by atoms with van der Waals surface area (Å²) in [4.78, 5) is 20.0. The molecule has 4 nitrogen and oxygen atoms in total. The fourth-order valence-electron chi connectivity index (χ4n) is 2.95. The van der Waals surface area contributed by atoms with Gasteiger partial charge in [-0.3, -0.25) is 4.79 Å². The molecule has 0 spiro atoms. The van der Waals surface area contributed by atoms with Gasteiger partial charge in [0.25, 0.3) is 5.91 Å². The molecule has 1 amide bonds. The van der Waals surface area contributed by atoms with Crippen molar-refractivity contribution in [1.82, 2.24) is 4.98 Å². The van der Waals surface area contributed by atoms with Gasteiger partial charge in [0.2, 0.25) is 0 Å². The van der Waals surface area contributed by atoms with Crippen LogP contribution in [0.5, 0.6) is 0 Å². The molecule has 3 rings (SSSR count). The van der Waals surface area contributed by atoms with Crippen LogP contribution in [0.4, 0.5) is 11.4 Å². The minimum absolute atomic E-state index is 0.133. The predicted octanol–water partition coefficient (Wildman–Crippen LogP) is 4.25. The molecule has 0 unspecified atom stereocenters. The standard InChI is InChI=1S/C18H23N3OS/c1-12-8-10-21(11-9-12)16-6-4-15(5-7-16)20-18(22)17-13(2)23-14(3)19-17/h4-7,12H,8-11H2,1-3H3,(H,20,22). The highest BCUT2D eigenvalue weighted by Gasteiger charge is 2.17. The topological polar surface area (TPSA) is 45.2 Å². The first-order valence-electron chi connectivity index (χ1n) is 8.13. The maximum Gasteiger partial charge on any atom is 0.275 e. The van der Waals surface area contributed by atoms with Gasteiger partial charge in [-0.05, 0) is 56.9 Å². The summed E-state index contributed by atoms with van der Waals surface area (Å²) in [6, 6.07) is 8.12. The third-order valence-corrected chi connectivity index (χ3v) is 5.28. The fraction of sp³-hybridized carbons (Fsp3) is 0.444. The second kappa shape index (κ2) is 6.71. The van der Waals surface area contributed by atoms with Gasteiger partial charge >= 0.3 is 0 Å². The number of rotatable bonds is 3. The Hall–Kier alpha value is -1.88. The van der Waals surface area contributed by atoms with E-state index in [1.165, 1.54) is 18.5 Å². The fourth-order valence-corrected chi connectivity index (χ4v) is 3.77. The summed E-state index contributed by atoms with van der Waals surface area (Å²) in [6.07, 6.45) is 2.50. The Morgan fingerprint density at radius 2 is 1.87 bits per heavy atom. The molecule has 122 valence electrons. The Morgan fingerprint density at radius 3 is 2.43 bits per heavy atom. The molecule has 0 radical (unpaired) electrons. The van der Waals surface area contributed by atoms with Gasteiger partial charge in [-0.2, -0.15) is 0 Å². The zero-order valence-corrected chi connectivity index (χ0v) is 14.7. The van der Waals surface area contributed by atoms with E-state index in [1.807, 2.05) is 26.0 Å². The number of carbonyl (C=O) groups excluding carboxylic acids is 1. The molecule has 0 aliphatic carbocycles. The first kappa shape index (κ1) is 16.0. The Balaban J connectivity index is 1.65. The predicted molar refractivity (Wildman–Crippen MR) is 96.6 cm³/mol. The van der Waals surface area contributed by atoms with E-state index in [0.717, 1.165) is 34.6 Å². The number of aryl methyl sites for hydroxylation is 2. The minimum Gasteiger partial charge on any atom is -0.372 e. The number of thiazole rings is 1. The largest absolute Gasteiger partial charge is 0.372 e. The molecule has 1 aromatic carbocycles. The molecule has 2 heterocycles. The van der Waals surface area contributed by atoms with Gasteiger partial charge in [0.1, 0.15) is 5.69 Å². The van der Waals surface area contributed by atoms with Crippen molar-refractivity contribution in [2.24, 2.45) is 5.92 Å². The summed E-state index contributed by atoms with van der Waals surface area (Å²) in [7, 11) is 0. The van der Waals surface area contributed by atoms with Crippen LogP contribution in [0.3, 0.4) is 0 Å². The summed E-state index contributed by atoms with van der Waals surface area (Å²) < 4.78 is 0. The highest BCUT2D eigenvalue weighted by atomic mass is 32.1. The van der Waals surface area contributed by atoms with E-state index < -0.39 is 0 Å². The lowest BCUT2D eigenvalue weighted by molar-refractivity contribution is 0.102. The molecule has 1 aromatic heterocycles. The Morgan fingerprint density at radius 1 is 1.22 bits per heavy atom. The average molecular weight is 329 g/mol. The molecule has 1 aliphatic rings. The molecule has 1 fully saturated rings. The third kappa shape index (κ3) is 3.72. The number of nitrogens with zero attached hydrogens (tertiary/aromatic N) is 2. The van der Waals surface area contributed by atoms with Crippen LogP contribution in [0, 0.1) is 19.8 Å². The van der Waals surface area contributed by atoms with Crippen LogP contribution in [0.2, 0.25) is 0 Å². The number of aromatic nitrogens is 1. The van der Waals surface area contributed by atoms with Crippen LogP contribution >= 0.6 is 11.3 Å². The van der Waals surface area contributed by atoms with Crippen LogP contribution in [0.15, 0.2) is 24.3 Å². The summed E-state index contributed by atoms with van der Waals surface area (Å²) in [6.45, 7) is 8.40. The monoisotopic (exact) mass is 329 g/mol. The summed E-state index contributed by atoms with van der Waals surface area (Å²) >= 11 is 1.55. The smallest absolute Gasteiger partial charge is 0.275 e. The number of nitrogens with one attached hydrogen (secondary N) is 1. The van der Waals surface area contributed by atoms with Crippen LogP contribution in [-0.2, 0) is 0 Å². The van der Waals surface area contributed by atoms with E-state index in [1.54, 1.807) is 11.3 Å². The Labute approximate surface area is 141 Å². The first-order chi connectivity index (χ1) is 11.0. The van der Waals surface area contributed by atoms with Gasteiger partial charge in [-0.25, -0.2) is 4.98 Å². The zero-order chi connectivity index (χ0) is 16.4. The number of carbonyl (C=O) groups is 1. The Bertz CT molecular complexity index is 685. The molecule has 5 heteroatoms. The van der Waals surface area contributed by atoms with Crippen molar-refractivity contribution in [1.29, 1.82) is 0 Å². The summed E-state index contributed by atoms with van der Waals surface area (Å²) in [5.74, 6) is 0.695. The molecule has 1 saturated heterocycles. The van der Waals surface area contributed by atoms with Crippen molar-refractivity contribution in [2.75, 3.05) is 23.3 Å². The van der Waals surface area contributed by atoms with Crippen molar-refractivity contribution < 1.29 is 4.79 Å². The SMILES string of the molecule is Cc1nc(C(=O)Nc2ccc(N3CCC(C)CC3)cc2)c(C)s1. The van der Waals surface area contributed by atoms with E-state index in [2.05, 4.69) is 34.3 Å². The average Bonchev–Trinajstić information content (AvgIpc) is 2.88. The molecule has 0 saturated carbocycles. The first-order valence-corrected chi connectivity index (χ1v) is 8.95. The van der Waals surface area contributed by atoms with Gasteiger partial charge in [-0.15, -0.1) is 11.3 Å². The lowest BCUT2D eigenvalue weighted by atomic mass is 9.99. The quantitative estimate of drug-likeness (QED) is 0.915. The minimum atomic E-state index is -0.133. The molecule has 1 aliphatic heterocycles. The van der Waals surface area contributed by atoms with E-state index in [9.17, 15) is 4.79 Å². The maximum absolute atomic E-state index is 12.3. The van der Waals surface area contributed by atoms with E-state index in [-0.39, 0.29) is 5.91 Å². The molecule has 2 aromatic rings. The van der Waals surface area contributed by atoms with E-state index >= 15 is 0 Å². The van der Waals surface area contributed by atoms with Crippen LogP contribution < -0.4 is 10.2 Å². The molecule has 0 atom stereocenters.